The lowest BCUT2D eigenvalue weighted by Crippen LogP contribution is -2.58. The lowest BCUT2D eigenvalue weighted by atomic mass is 10.1. The van der Waals surface area contributed by atoms with E-state index in [1.807, 2.05) is 0 Å². The molecule has 0 aliphatic carbocycles. The molecule has 0 aliphatic rings. The van der Waals surface area contributed by atoms with Gasteiger partial charge in [0.1, 0.15) is 24.2 Å². The maximum Gasteiger partial charge on any atom is 0.326 e. The Kier molecular flexibility index (Phi) is 15.0. The number of nitrogens with two attached hydrogens (primary N) is 4. The van der Waals surface area contributed by atoms with Crippen molar-refractivity contribution in [3.8, 4) is 0 Å². The van der Waals surface area contributed by atoms with Gasteiger partial charge in [0.15, 0.2) is 5.96 Å². The number of hydrogen-bond acceptors (Lipinski definition) is 9. The van der Waals surface area contributed by atoms with Crippen LogP contribution in [0.4, 0.5) is 0 Å². The molecule has 0 fully saturated rings. The quantitative estimate of drug-likeness (QED) is 0.0515. The van der Waals surface area contributed by atoms with E-state index in [0.717, 1.165) is 0 Å². The fourth-order valence-corrected chi connectivity index (χ4v) is 3.05. The summed E-state index contributed by atoms with van der Waals surface area (Å²) in [7, 11) is 0. The summed E-state index contributed by atoms with van der Waals surface area (Å²) in [5.41, 5.74) is 21.1. The second-order valence-electron chi connectivity index (χ2n) is 7.21. The average molecular weight is 507 g/mol. The zero-order valence-corrected chi connectivity index (χ0v) is 19.7. The Labute approximate surface area is 200 Å². The molecule has 0 saturated carbocycles. The number of nitrogens with zero attached hydrogens (tertiary/aromatic N) is 1. The normalized spacial score (nSPS) is 14.1. The molecule has 13 N–H and O–H groups in total. The lowest BCUT2D eigenvalue weighted by Gasteiger charge is -2.24. The van der Waals surface area contributed by atoms with Crippen LogP contribution in [0.1, 0.15) is 25.7 Å². The molecule has 0 spiro atoms. The summed E-state index contributed by atoms with van der Waals surface area (Å²) >= 11 is 1.38. The molecule has 0 aromatic heterocycles. The number of aliphatic imine (C=N–C) groups is 1. The summed E-state index contributed by atoms with van der Waals surface area (Å²) in [5.74, 6) is -4.55. The van der Waals surface area contributed by atoms with Crippen molar-refractivity contribution in [1.29, 1.82) is 0 Å². The predicted molar refractivity (Wildman–Crippen MR) is 125 cm³/mol. The number of rotatable bonds is 17. The number of guanidine groups is 1. The molecule has 0 aliphatic heterocycles. The number of amides is 4. The second-order valence-corrected chi connectivity index (χ2v) is 8.20. The smallest absolute Gasteiger partial charge is 0.326 e. The minimum absolute atomic E-state index is 0.0168. The van der Waals surface area contributed by atoms with Crippen molar-refractivity contribution in [2.45, 2.75) is 49.9 Å². The second kappa shape index (κ2) is 16.5. The van der Waals surface area contributed by atoms with Crippen molar-refractivity contribution in [3.05, 3.63) is 0 Å². The Hall–Kier alpha value is -3.11. The van der Waals surface area contributed by atoms with Gasteiger partial charge in [-0.05, 0) is 31.3 Å². The Balaban J connectivity index is 5.51. The highest BCUT2D eigenvalue weighted by atomic mass is 32.2. The summed E-state index contributed by atoms with van der Waals surface area (Å²) in [6.07, 6.45) is 1.52. The van der Waals surface area contributed by atoms with Crippen LogP contribution in [0.25, 0.3) is 0 Å². The monoisotopic (exact) mass is 506 g/mol. The van der Waals surface area contributed by atoms with Crippen LogP contribution in [0.15, 0.2) is 4.99 Å². The van der Waals surface area contributed by atoms with Crippen LogP contribution in [0.5, 0.6) is 0 Å². The largest absolute Gasteiger partial charge is 0.480 e. The number of carboxylic acids is 1. The fourth-order valence-electron chi connectivity index (χ4n) is 2.58. The molecule has 16 heteroatoms. The van der Waals surface area contributed by atoms with Gasteiger partial charge >= 0.3 is 5.97 Å². The van der Waals surface area contributed by atoms with Crippen LogP contribution in [-0.4, -0.2) is 95.1 Å². The summed E-state index contributed by atoms with van der Waals surface area (Å²) in [6, 6.07) is -5.27. The number of thioether (sulfide) groups is 1. The minimum atomic E-state index is -1.50. The van der Waals surface area contributed by atoms with E-state index < -0.39 is 66.8 Å². The number of nitrogens with one attached hydrogen (secondary N) is 3. The van der Waals surface area contributed by atoms with Crippen molar-refractivity contribution >= 4 is 47.3 Å². The first-order chi connectivity index (χ1) is 15.9. The summed E-state index contributed by atoms with van der Waals surface area (Å²) in [5, 5.41) is 25.3. The molecule has 0 bridgehead atoms. The van der Waals surface area contributed by atoms with Crippen LogP contribution in [0.3, 0.4) is 0 Å². The lowest BCUT2D eigenvalue weighted by molar-refractivity contribution is -0.142. The molecule has 0 aromatic rings. The zero-order valence-electron chi connectivity index (χ0n) is 18.9. The van der Waals surface area contributed by atoms with E-state index in [-0.39, 0.29) is 31.8 Å². The first-order valence-electron chi connectivity index (χ1n) is 10.3. The van der Waals surface area contributed by atoms with Gasteiger partial charge in [0.2, 0.25) is 23.6 Å². The first kappa shape index (κ1) is 30.9. The highest BCUT2D eigenvalue weighted by Gasteiger charge is 2.31. The number of carboxylic acid groups (broad SMARTS) is 1. The molecule has 34 heavy (non-hydrogen) atoms. The van der Waals surface area contributed by atoms with E-state index in [1.165, 1.54) is 11.8 Å². The van der Waals surface area contributed by atoms with Gasteiger partial charge < -0.3 is 49.1 Å². The third-order valence-corrected chi connectivity index (χ3v) is 5.02. The van der Waals surface area contributed by atoms with E-state index in [0.29, 0.717) is 5.75 Å². The molecule has 0 saturated heterocycles. The minimum Gasteiger partial charge on any atom is -0.480 e. The highest BCUT2D eigenvalue weighted by Crippen LogP contribution is 2.05. The zero-order chi connectivity index (χ0) is 26.3. The molecule has 0 aromatic carbocycles. The van der Waals surface area contributed by atoms with Crippen LogP contribution >= 0.6 is 11.8 Å². The molecule has 15 nitrogen and oxygen atoms in total. The van der Waals surface area contributed by atoms with Gasteiger partial charge in [0, 0.05) is 6.54 Å². The number of aliphatic carboxylic acids is 1. The molecular formula is C18H34N8O7S. The summed E-state index contributed by atoms with van der Waals surface area (Å²) in [4.78, 5) is 64.2. The standard InChI is InChI=1S/C18H34N8O7S/c1-34-6-4-11(17(32)33)25-16(31)12(7-13(20)28)26-15(30)10(3-2-5-23-18(21)22)24-14(29)9(19)8-27/h9-12,27H,2-8,19H2,1H3,(H2,20,28)(H,24,29)(H,25,31)(H,26,30)(H,32,33)(H4,21,22,23). The third-order valence-electron chi connectivity index (χ3n) is 4.38. The molecule has 0 radical (unpaired) electrons. The Morgan fingerprint density at radius 1 is 0.912 bits per heavy atom. The maximum atomic E-state index is 12.8. The van der Waals surface area contributed by atoms with Crippen molar-refractivity contribution in [2.75, 3.05) is 25.2 Å². The maximum absolute atomic E-state index is 12.8. The van der Waals surface area contributed by atoms with Gasteiger partial charge in [-0.15, -0.1) is 0 Å². The molecule has 4 amide bonds. The van der Waals surface area contributed by atoms with Gasteiger partial charge in [-0.2, -0.15) is 11.8 Å². The third kappa shape index (κ3) is 12.8. The number of carbonyl (C=O) groups is 5. The molecule has 194 valence electrons. The van der Waals surface area contributed by atoms with E-state index in [1.54, 1.807) is 6.26 Å². The van der Waals surface area contributed by atoms with Crippen molar-refractivity contribution < 1.29 is 34.2 Å². The average Bonchev–Trinajstić information content (AvgIpc) is 2.76. The number of carbonyl (C=O) groups excluding carboxylic acids is 4. The Bertz CT molecular complexity index is 748. The SMILES string of the molecule is CSCCC(NC(=O)C(CC(N)=O)NC(=O)C(CCCN=C(N)N)NC(=O)C(N)CO)C(=O)O. The summed E-state index contributed by atoms with van der Waals surface area (Å²) < 4.78 is 0. The first-order valence-corrected chi connectivity index (χ1v) is 11.6. The van der Waals surface area contributed by atoms with E-state index >= 15 is 0 Å². The van der Waals surface area contributed by atoms with Gasteiger partial charge in [-0.3, -0.25) is 24.2 Å². The van der Waals surface area contributed by atoms with Crippen molar-refractivity contribution in [3.63, 3.8) is 0 Å². The van der Waals surface area contributed by atoms with Crippen LogP contribution in [-0.2, 0) is 24.0 Å². The number of hydrogen-bond donors (Lipinski definition) is 9. The van der Waals surface area contributed by atoms with Gasteiger partial charge in [0.05, 0.1) is 13.0 Å². The molecular weight excluding hydrogens is 472 g/mol. The van der Waals surface area contributed by atoms with E-state index in [2.05, 4.69) is 20.9 Å². The van der Waals surface area contributed by atoms with Gasteiger partial charge in [0.25, 0.3) is 0 Å². The molecule has 0 heterocycles. The number of primary amides is 1. The fraction of sp³-hybridized carbons (Fsp3) is 0.667. The van der Waals surface area contributed by atoms with Crippen molar-refractivity contribution in [1.82, 2.24) is 16.0 Å². The predicted octanol–water partition coefficient (Wildman–Crippen LogP) is -4.47. The van der Waals surface area contributed by atoms with E-state index in [4.69, 9.17) is 28.0 Å². The Morgan fingerprint density at radius 3 is 1.97 bits per heavy atom. The van der Waals surface area contributed by atoms with Crippen LogP contribution in [0, 0.1) is 0 Å². The molecule has 4 atom stereocenters. The molecule has 0 rings (SSSR count). The highest BCUT2D eigenvalue weighted by molar-refractivity contribution is 7.98. The number of aliphatic hydroxyl groups excluding tert-OH is 1. The topological polar surface area (TPSA) is 278 Å². The van der Waals surface area contributed by atoms with E-state index in [9.17, 15) is 29.1 Å². The Morgan fingerprint density at radius 2 is 1.47 bits per heavy atom. The van der Waals surface area contributed by atoms with Crippen molar-refractivity contribution in [2.24, 2.45) is 27.9 Å². The van der Waals surface area contributed by atoms with Gasteiger partial charge in [-0.1, -0.05) is 0 Å². The van der Waals surface area contributed by atoms with Crippen LogP contribution in [0.2, 0.25) is 0 Å². The van der Waals surface area contributed by atoms with Gasteiger partial charge in [-0.25, -0.2) is 4.79 Å². The molecule has 4 unspecified atom stereocenters. The summed E-state index contributed by atoms with van der Waals surface area (Å²) in [6.45, 7) is -0.539. The van der Waals surface area contributed by atoms with Crippen LogP contribution < -0.4 is 38.9 Å². The number of aliphatic hydroxyl groups is 1.